The van der Waals surface area contributed by atoms with E-state index < -0.39 is 0 Å². The Labute approximate surface area is 118 Å². The number of rotatable bonds is 0. The van der Waals surface area contributed by atoms with E-state index in [0.29, 0.717) is 0 Å². The molecule has 2 heterocycles. The topological polar surface area (TPSA) is 32.3 Å². The van der Waals surface area contributed by atoms with Gasteiger partial charge in [0.1, 0.15) is 6.04 Å². The van der Waals surface area contributed by atoms with Crippen LogP contribution in [-0.4, -0.2) is 12.5 Å². The fourth-order valence-corrected chi connectivity index (χ4v) is 3.31. The highest BCUT2D eigenvalue weighted by atomic mass is 16.2. The van der Waals surface area contributed by atoms with Crippen molar-refractivity contribution in [2.24, 2.45) is 0 Å². The van der Waals surface area contributed by atoms with Crippen LogP contribution in [-0.2, 0) is 11.2 Å². The van der Waals surface area contributed by atoms with Crippen molar-refractivity contribution in [1.82, 2.24) is 0 Å². The van der Waals surface area contributed by atoms with E-state index >= 15 is 0 Å². The summed E-state index contributed by atoms with van der Waals surface area (Å²) in [4.78, 5) is 14.7. The van der Waals surface area contributed by atoms with Gasteiger partial charge in [-0.3, -0.25) is 4.79 Å². The second kappa shape index (κ2) is 4.10. The van der Waals surface area contributed by atoms with Crippen molar-refractivity contribution >= 4 is 17.3 Å². The molecular formula is C17H16N2O. The van der Waals surface area contributed by atoms with Gasteiger partial charge in [-0.1, -0.05) is 30.3 Å². The Morgan fingerprint density at radius 1 is 1.20 bits per heavy atom. The summed E-state index contributed by atoms with van der Waals surface area (Å²) in [5, 5.41) is 3.06. The summed E-state index contributed by atoms with van der Waals surface area (Å²) in [5.41, 5.74) is 5.67. The predicted octanol–water partition coefficient (Wildman–Crippen LogP) is 3.05. The van der Waals surface area contributed by atoms with Gasteiger partial charge in [-0.2, -0.15) is 0 Å². The standard InChI is InChI=1S/C17H16N2O/c1-11-6-7-15-14(10-11)18-17(20)16-13-5-3-2-4-12(13)8-9-19(15)16/h2-7,10,16H,8-9H2,1H3,(H,18,20). The first kappa shape index (κ1) is 11.5. The van der Waals surface area contributed by atoms with Gasteiger partial charge in [0.15, 0.2) is 0 Å². The van der Waals surface area contributed by atoms with E-state index in [1.54, 1.807) is 0 Å². The molecule has 0 aliphatic carbocycles. The Morgan fingerprint density at radius 3 is 2.95 bits per heavy atom. The third kappa shape index (κ3) is 1.56. The number of fused-ring (bicyclic) bond motifs is 5. The summed E-state index contributed by atoms with van der Waals surface area (Å²) in [6.07, 6.45) is 0.993. The van der Waals surface area contributed by atoms with Gasteiger partial charge >= 0.3 is 0 Å². The summed E-state index contributed by atoms with van der Waals surface area (Å²) >= 11 is 0. The van der Waals surface area contributed by atoms with E-state index in [1.807, 2.05) is 25.1 Å². The summed E-state index contributed by atoms with van der Waals surface area (Å²) in [6.45, 7) is 2.94. The van der Waals surface area contributed by atoms with Crippen LogP contribution < -0.4 is 10.2 Å². The Balaban J connectivity index is 1.87. The molecule has 2 aromatic carbocycles. The quantitative estimate of drug-likeness (QED) is 0.793. The Morgan fingerprint density at radius 2 is 2.05 bits per heavy atom. The first-order valence-corrected chi connectivity index (χ1v) is 7.00. The van der Waals surface area contributed by atoms with E-state index in [9.17, 15) is 4.79 Å². The molecule has 3 heteroatoms. The highest BCUT2D eigenvalue weighted by Gasteiger charge is 2.37. The van der Waals surface area contributed by atoms with Crippen LogP contribution in [0, 0.1) is 6.92 Å². The maximum absolute atomic E-state index is 12.5. The number of anilines is 2. The minimum absolute atomic E-state index is 0.0789. The molecule has 3 nitrogen and oxygen atoms in total. The zero-order chi connectivity index (χ0) is 13.7. The molecule has 1 atom stereocenters. The average molecular weight is 264 g/mol. The lowest BCUT2D eigenvalue weighted by Crippen LogP contribution is -2.45. The van der Waals surface area contributed by atoms with Crippen LogP contribution in [0.1, 0.15) is 22.7 Å². The van der Waals surface area contributed by atoms with Crippen molar-refractivity contribution in [2.45, 2.75) is 19.4 Å². The molecule has 20 heavy (non-hydrogen) atoms. The first-order valence-electron chi connectivity index (χ1n) is 7.00. The molecule has 0 aromatic heterocycles. The number of nitrogens with zero attached hydrogens (tertiary/aromatic N) is 1. The number of nitrogens with one attached hydrogen (secondary N) is 1. The Hall–Kier alpha value is -2.29. The molecule has 0 spiro atoms. The van der Waals surface area contributed by atoms with Crippen LogP contribution in [0.4, 0.5) is 11.4 Å². The largest absolute Gasteiger partial charge is 0.354 e. The summed E-state index contributed by atoms with van der Waals surface area (Å²) in [7, 11) is 0. The number of aryl methyl sites for hydroxylation is 1. The molecule has 2 aromatic rings. The van der Waals surface area contributed by atoms with Gasteiger partial charge in [0.2, 0.25) is 0 Å². The maximum atomic E-state index is 12.5. The number of benzene rings is 2. The van der Waals surface area contributed by atoms with Crippen LogP contribution in [0.5, 0.6) is 0 Å². The van der Waals surface area contributed by atoms with Gasteiger partial charge in [-0.15, -0.1) is 0 Å². The van der Waals surface area contributed by atoms with Gasteiger partial charge in [-0.05, 0) is 42.2 Å². The van der Waals surface area contributed by atoms with Crippen molar-refractivity contribution < 1.29 is 4.79 Å². The molecule has 0 fully saturated rings. The lowest BCUT2D eigenvalue weighted by Gasteiger charge is -2.42. The zero-order valence-electron chi connectivity index (χ0n) is 11.4. The lowest BCUT2D eigenvalue weighted by atomic mass is 9.90. The van der Waals surface area contributed by atoms with Crippen LogP contribution in [0.3, 0.4) is 0 Å². The molecule has 1 unspecified atom stereocenters. The average Bonchev–Trinajstić information content (AvgIpc) is 2.46. The minimum Gasteiger partial charge on any atom is -0.354 e. The number of hydrogen-bond donors (Lipinski definition) is 1. The molecule has 0 saturated heterocycles. The van der Waals surface area contributed by atoms with Crippen LogP contribution >= 0.6 is 0 Å². The van der Waals surface area contributed by atoms with Crippen LogP contribution in [0.25, 0.3) is 0 Å². The Bertz CT molecular complexity index is 708. The van der Waals surface area contributed by atoms with Gasteiger partial charge in [0, 0.05) is 6.54 Å². The van der Waals surface area contributed by atoms with Crippen LogP contribution in [0.2, 0.25) is 0 Å². The number of carbonyl (C=O) groups excluding carboxylic acids is 1. The molecule has 2 aliphatic heterocycles. The molecule has 1 amide bonds. The van der Waals surface area contributed by atoms with Crippen LogP contribution in [0.15, 0.2) is 42.5 Å². The first-order chi connectivity index (χ1) is 9.74. The highest BCUT2D eigenvalue weighted by Crippen LogP contribution is 2.41. The molecule has 2 aliphatic rings. The summed E-state index contributed by atoms with van der Waals surface area (Å²) in [6, 6.07) is 14.3. The van der Waals surface area contributed by atoms with E-state index in [-0.39, 0.29) is 11.9 Å². The lowest BCUT2D eigenvalue weighted by molar-refractivity contribution is -0.117. The van der Waals surface area contributed by atoms with Crippen molar-refractivity contribution in [3.8, 4) is 0 Å². The Kier molecular flexibility index (Phi) is 2.36. The summed E-state index contributed by atoms with van der Waals surface area (Å²) in [5.74, 6) is 0.0789. The smallest absolute Gasteiger partial charge is 0.251 e. The molecule has 0 bridgehead atoms. The zero-order valence-corrected chi connectivity index (χ0v) is 11.4. The fraction of sp³-hybridized carbons (Fsp3) is 0.235. The van der Waals surface area contributed by atoms with Crippen molar-refractivity contribution in [2.75, 3.05) is 16.8 Å². The SMILES string of the molecule is Cc1ccc2c(c1)NC(=O)C1c3ccccc3CCN21. The number of amides is 1. The van der Waals surface area contributed by atoms with E-state index in [0.717, 1.165) is 29.9 Å². The van der Waals surface area contributed by atoms with Crippen molar-refractivity contribution in [3.63, 3.8) is 0 Å². The molecule has 4 rings (SSSR count). The minimum atomic E-state index is -0.185. The second-order valence-electron chi connectivity index (χ2n) is 5.55. The maximum Gasteiger partial charge on any atom is 0.251 e. The van der Waals surface area contributed by atoms with Crippen molar-refractivity contribution in [3.05, 3.63) is 59.2 Å². The van der Waals surface area contributed by atoms with E-state index in [1.165, 1.54) is 11.1 Å². The summed E-state index contributed by atoms with van der Waals surface area (Å²) < 4.78 is 0. The van der Waals surface area contributed by atoms with Gasteiger partial charge in [0.25, 0.3) is 5.91 Å². The normalized spacial score (nSPS) is 19.8. The number of carbonyl (C=O) groups is 1. The molecule has 0 radical (unpaired) electrons. The molecule has 1 N–H and O–H groups in total. The van der Waals surface area contributed by atoms with Gasteiger partial charge in [-0.25, -0.2) is 0 Å². The van der Waals surface area contributed by atoms with Crippen molar-refractivity contribution in [1.29, 1.82) is 0 Å². The van der Waals surface area contributed by atoms with E-state index in [4.69, 9.17) is 0 Å². The molecule has 100 valence electrons. The monoisotopic (exact) mass is 264 g/mol. The molecular weight excluding hydrogens is 248 g/mol. The predicted molar refractivity (Wildman–Crippen MR) is 80.0 cm³/mol. The van der Waals surface area contributed by atoms with Gasteiger partial charge in [0.05, 0.1) is 11.4 Å². The molecule has 0 saturated carbocycles. The second-order valence-corrected chi connectivity index (χ2v) is 5.55. The third-order valence-electron chi connectivity index (χ3n) is 4.25. The third-order valence-corrected chi connectivity index (χ3v) is 4.25. The fourth-order valence-electron chi connectivity index (χ4n) is 3.31. The number of hydrogen-bond acceptors (Lipinski definition) is 2. The highest BCUT2D eigenvalue weighted by molar-refractivity contribution is 6.04. The van der Waals surface area contributed by atoms with Gasteiger partial charge < -0.3 is 10.2 Å². The van der Waals surface area contributed by atoms with E-state index in [2.05, 4.69) is 34.5 Å².